The molecule has 3 nitrogen and oxygen atoms in total. The molecule has 1 aliphatic rings. The summed E-state index contributed by atoms with van der Waals surface area (Å²) in [6, 6.07) is 9.27. The van der Waals surface area contributed by atoms with Gasteiger partial charge in [-0.3, -0.25) is 0 Å². The molecule has 2 heterocycles. The Morgan fingerprint density at radius 1 is 1.22 bits per heavy atom. The summed E-state index contributed by atoms with van der Waals surface area (Å²) in [5.74, 6) is 1.42. The van der Waals surface area contributed by atoms with Gasteiger partial charge in [0.05, 0.1) is 10.4 Å². The highest BCUT2D eigenvalue weighted by Crippen LogP contribution is 2.35. The molecule has 0 aliphatic carbocycles. The molecule has 0 amide bonds. The van der Waals surface area contributed by atoms with Crippen LogP contribution in [0.2, 0.25) is 4.34 Å². The third kappa shape index (κ3) is 2.32. The van der Waals surface area contributed by atoms with E-state index in [-0.39, 0.29) is 6.79 Å². The van der Waals surface area contributed by atoms with Gasteiger partial charge in [0.2, 0.25) is 6.79 Å². The summed E-state index contributed by atoms with van der Waals surface area (Å²) in [4.78, 5) is 1.06. The van der Waals surface area contributed by atoms with E-state index in [9.17, 15) is 5.11 Å². The molecule has 3 rings (SSSR count). The van der Waals surface area contributed by atoms with Gasteiger partial charge in [0, 0.05) is 11.3 Å². The second-order valence-electron chi connectivity index (χ2n) is 4.04. The second kappa shape index (κ2) is 4.80. The summed E-state index contributed by atoms with van der Waals surface area (Å²) in [6.45, 7) is 0.245. The molecule has 5 heteroatoms. The minimum Gasteiger partial charge on any atom is -0.454 e. The van der Waals surface area contributed by atoms with E-state index in [1.807, 2.05) is 30.3 Å². The van der Waals surface area contributed by atoms with Gasteiger partial charge in [-0.05, 0) is 29.8 Å². The average molecular weight is 283 g/mol. The third-order valence-corrected chi connectivity index (χ3v) is 4.06. The molecular formula is C13H11ClO3S. The van der Waals surface area contributed by atoms with Gasteiger partial charge < -0.3 is 14.6 Å². The Balaban J connectivity index is 1.78. The highest BCUT2D eigenvalue weighted by Gasteiger charge is 2.17. The van der Waals surface area contributed by atoms with Crippen molar-refractivity contribution in [3.8, 4) is 11.5 Å². The van der Waals surface area contributed by atoms with Crippen LogP contribution in [0.1, 0.15) is 16.5 Å². The van der Waals surface area contributed by atoms with Gasteiger partial charge in [-0.2, -0.15) is 0 Å². The molecule has 0 fully saturated rings. The van der Waals surface area contributed by atoms with Gasteiger partial charge in [-0.15, -0.1) is 11.3 Å². The van der Waals surface area contributed by atoms with Crippen molar-refractivity contribution in [1.29, 1.82) is 0 Å². The molecule has 0 radical (unpaired) electrons. The first-order chi connectivity index (χ1) is 8.72. The molecular weight excluding hydrogens is 272 g/mol. The van der Waals surface area contributed by atoms with E-state index in [1.165, 1.54) is 11.3 Å². The first kappa shape index (κ1) is 11.8. The maximum atomic E-state index is 10.2. The number of halogens is 1. The Morgan fingerprint density at radius 3 is 2.83 bits per heavy atom. The highest BCUT2D eigenvalue weighted by atomic mass is 35.5. The van der Waals surface area contributed by atoms with Gasteiger partial charge in [-0.1, -0.05) is 17.7 Å². The fourth-order valence-corrected chi connectivity index (χ4v) is 3.01. The molecule has 1 aromatic heterocycles. The SMILES string of the molecule is OC(Cc1ccc(Cl)s1)c1ccc2c(c1)OCO2. The lowest BCUT2D eigenvalue weighted by molar-refractivity contribution is 0.171. The summed E-state index contributed by atoms with van der Waals surface area (Å²) in [5.41, 5.74) is 0.823. The van der Waals surface area contributed by atoms with Crippen LogP contribution < -0.4 is 9.47 Å². The van der Waals surface area contributed by atoms with Gasteiger partial charge in [-0.25, -0.2) is 0 Å². The molecule has 94 valence electrons. The Morgan fingerprint density at radius 2 is 2.06 bits per heavy atom. The minimum absolute atomic E-state index is 0.245. The summed E-state index contributed by atoms with van der Waals surface area (Å²) in [7, 11) is 0. The molecule has 0 saturated heterocycles. The van der Waals surface area contributed by atoms with Crippen molar-refractivity contribution in [2.75, 3.05) is 6.79 Å². The van der Waals surface area contributed by atoms with Crippen molar-refractivity contribution < 1.29 is 14.6 Å². The van der Waals surface area contributed by atoms with E-state index in [0.29, 0.717) is 12.2 Å². The number of thiophene rings is 1. The smallest absolute Gasteiger partial charge is 0.231 e. The molecule has 0 bridgehead atoms. The number of aliphatic hydroxyl groups is 1. The van der Waals surface area contributed by atoms with Crippen molar-refractivity contribution >= 4 is 22.9 Å². The Hall–Kier alpha value is -1.23. The minimum atomic E-state index is -0.561. The third-order valence-electron chi connectivity index (χ3n) is 2.80. The van der Waals surface area contributed by atoms with Crippen molar-refractivity contribution in [1.82, 2.24) is 0 Å². The van der Waals surface area contributed by atoms with E-state index in [4.69, 9.17) is 21.1 Å². The van der Waals surface area contributed by atoms with E-state index in [0.717, 1.165) is 20.5 Å². The Kier molecular flexibility index (Phi) is 3.16. The number of ether oxygens (including phenoxy) is 2. The van der Waals surface area contributed by atoms with Gasteiger partial charge in [0.15, 0.2) is 11.5 Å². The monoisotopic (exact) mass is 282 g/mol. The lowest BCUT2D eigenvalue weighted by Gasteiger charge is -2.10. The van der Waals surface area contributed by atoms with E-state index < -0.39 is 6.10 Å². The number of rotatable bonds is 3. The van der Waals surface area contributed by atoms with Crippen LogP contribution in [-0.2, 0) is 6.42 Å². The van der Waals surface area contributed by atoms with Gasteiger partial charge in [0.25, 0.3) is 0 Å². The molecule has 1 unspecified atom stereocenters. The van der Waals surface area contributed by atoms with Gasteiger partial charge in [0.1, 0.15) is 0 Å². The highest BCUT2D eigenvalue weighted by molar-refractivity contribution is 7.16. The number of benzene rings is 1. The molecule has 1 aliphatic heterocycles. The van der Waals surface area contributed by atoms with Crippen LogP contribution >= 0.6 is 22.9 Å². The van der Waals surface area contributed by atoms with Crippen LogP contribution in [0.25, 0.3) is 0 Å². The van der Waals surface area contributed by atoms with Gasteiger partial charge >= 0.3 is 0 Å². The normalized spacial score (nSPS) is 14.8. The second-order valence-corrected chi connectivity index (χ2v) is 5.84. The molecule has 1 atom stereocenters. The zero-order chi connectivity index (χ0) is 12.5. The standard InChI is InChI=1S/C13H11ClO3S/c14-13-4-2-9(18-13)6-10(15)8-1-3-11-12(5-8)17-7-16-11/h1-5,10,15H,6-7H2. The predicted octanol–water partition coefficient (Wildman–Crippen LogP) is 3.41. The fourth-order valence-electron chi connectivity index (χ4n) is 1.89. The van der Waals surface area contributed by atoms with E-state index in [2.05, 4.69) is 0 Å². The number of aliphatic hydroxyl groups excluding tert-OH is 1. The Bertz CT molecular complexity index is 567. The van der Waals surface area contributed by atoms with Crippen molar-refractivity contribution in [3.63, 3.8) is 0 Å². The maximum Gasteiger partial charge on any atom is 0.231 e. The first-order valence-corrected chi connectivity index (χ1v) is 6.73. The first-order valence-electron chi connectivity index (χ1n) is 5.54. The average Bonchev–Trinajstić information content (AvgIpc) is 2.96. The molecule has 0 saturated carbocycles. The molecule has 18 heavy (non-hydrogen) atoms. The zero-order valence-electron chi connectivity index (χ0n) is 9.43. The van der Waals surface area contributed by atoms with Crippen LogP contribution in [-0.4, -0.2) is 11.9 Å². The lowest BCUT2D eigenvalue weighted by Crippen LogP contribution is -2.00. The van der Waals surface area contributed by atoms with Crippen LogP contribution in [0.15, 0.2) is 30.3 Å². The summed E-state index contributed by atoms with van der Waals surface area (Å²) in [5, 5.41) is 10.2. The molecule has 2 aromatic rings. The maximum absolute atomic E-state index is 10.2. The molecule has 1 aromatic carbocycles. The fraction of sp³-hybridized carbons (Fsp3) is 0.231. The Labute approximate surface area is 114 Å². The summed E-state index contributed by atoms with van der Waals surface area (Å²) >= 11 is 7.35. The van der Waals surface area contributed by atoms with Crippen LogP contribution in [0, 0.1) is 0 Å². The van der Waals surface area contributed by atoms with E-state index >= 15 is 0 Å². The van der Waals surface area contributed by atoms with Crippen LogP contribution in [0.5, 0.6) is 11.5 Å². The van der Waals surface area contributed by atoms with E-state index in [1.54, 1.807) is 0 Å². The summed E-state index contributed by atoms with van der Waals surface area (Å²) < 4.78 is 11.3. The van der Waals surface area contributed by atoms with Crippen molar-refractivity contribution in [2.24, 2.45) is 0 Å². The number of hydrogen-bond donors (Lipinski definition) is 1. The molecule has 1 N–H and O–H groups in total. The van der Waals surface area contributed by atoms with Crippen LogP contribution in [0.4, 0.5) is 0 Å². The van der Waals surface area contributed by atoms with Crippen molar-refractivity contribution in [2.45, 2.75) is 12.5 Å². The van der Waals surface area contributed by atoms with Crippen molar-refractivity contribution in [3.05, 3.63) is 45.1 Å². The zero-order valence-corrected chi connectivity index (χ0v) is 11.0. The lowest BCUT2D eigenvalue weighted by atomic mass is 10.1. The predicted molar refractivity (Wildman–Crippen MR) is 70.6 cm³/mol. The number of fused-ring (bicyclic) bond motifs is 1. The number of hydrogen-bond acceptors (Lipinski definition) is 4. The summed E-state index contributed by atoms with van der Waals surface area (Å²) in [6.07, 6.45) is -0.00830. The largest absolute Gasteiger partial charge is 0.454 e. The molecule has 0 spiro atoms. The quantitative estimate of drug-likeness (QED) is 0.938. The topological polar surface area (TPSA) is 38.7 Å². The van der Waals surface area contributed by atoms with Crippen LogP contribution in [0.3, 0.4) is 0 Å².